The molecule has 162 valence electrons. The number of rotatable bonds is 10. The quantitative estimate of drug-likeness (QED) is 0.473. The van der Waals surface area contributed by atoms with Crippen molar-refractivity contribution in [2.24, 2.45) is 5.92 Å². The van der Waals surface area contributed by atoms with E-state index in [0.717, 1.165) is 11.1 Å². The van der Waals surface area contributed by atoms with E-state index in [1.165, 1.54) is 16.2 Å². The molecular weight excluding hydrogens is 436 g/mol. The summed E-state index contributed by atoms with van der Waals surface area (Å²) in [6.45, 7) is 0.577. The lowest BCUT2D eigenvalue weighted by Gasteiger charge is -2.24. The van der Waals surface area contributed by atoms with Crippen LogP contribution in [0.3, 0.4) is 0 Å². The molecule has 0 saturated heterocycles. The Bertz CT molecular complexity index is 1030. The van der Waals surface area contributed by atoms with Crippen molar-refractivity contribution in [1.82, 2.24) is 4.98 Å². The molecule has 0 radical (unpaired) electrons. The number of anilines is 1. The topological polar surface area (TPSA) is 79.7 Å². The predicted molar refractivity (Wildman–Crippen MR) is 123 cm³/mol. The van der Waals surface area contributed by atoms with Gasteiger partial charge < -0.3 is 9.84 Å². The highest BCUT2D eigenvalue weighted by atomic mass is 35.5. The number of halogens is 1. The highest BCUT2D eigenvalue weighted by Crippen LogP contribution is 2.32. The zero-order chi connectivity index (χ0) is 22.2. The van der Waals surface area contributed by atoms with E-state index < -0.39 is 11.9 Å². The van der Waals surface area contributed by atoms with Crippen molar-refractivity contribution >= 4 is 39.9 Å². The van der Waals surface area contributed by atoms with Gasteiger partial charge in [0.25, 0.3) is 0 Å². The van der Waals surface area contributed by atoms with Gasteiger partial charge in [0.15, 0.2) is 5.13 Å². The summed E-state index contributed by atoms with van der Waals surface area (Å²) in [6.07, 6.45) is 0.0676. The fraction of sp³-hybridized carbons (Fsp3) is 0.261. The van der Waals surface area contributed by atoms with E-state index in [1.54, 1.807) is 13.2 Å². The van der Waals surface area contributed by atoms with Gasteiger partial charge in [-0.3, -0.25) is 14.5 Å². The number of ether oxygens (including phenoxy) is 1. The molecule has 0 saturated carbocycles. The first-order valence-electron chi connectivity index (χ1n) is 9.76. The van der Waals surface area contributed by atoms with Gasteiger partial charge in [0.2, 0.25) is 5.91 Å². The number of hydrogen-bond acceptors (Lipinski definition) is 5. The number of amides is 1. The predicted octanol–water partition coefficient (Wildman–Crippen LogP) is 4.78. The number of methoxy groups -OCH3 is 1. The van der Waals surface area contributed by atoms with Gasteiger partial charge in [-0.05, 0) is 18.1 Å². The number of carbonyl (C=O) groups is 2. The fourth-order valence-electron chi connectivity index (χ4n) is 3.24. The molecule has 1 N–H and O–H groups in total. The van der Waals surface area contributed by atoms with Crippen LogP contribution in [-0.4, -0.2) is 42.2 Å². The lowest BCUT2D eigenvalue weighted by molar-refractivity contribution is -0.140. The van der Waals surface area contributed by atoms with E-state index in [0.29, 0.717) is 28.9 Å². The molecular formula is C23H23ClN2O4S. The van der Waals surface area contributed by atoms with Crippen LogP contribution in [0, 0.1) is 5.92 Å². The molecule has 1 aromatic heterocycles. The van der Waals surface area contributed by atoms with Gasteiger partial charge in [-0.25, -0.2) is 4.98 Å². The molecule has 31 heavy (non-hydrogen) atoms. The van der Waals surface area contributed by atoms with E-state index in [2.05, 4.69) is 4.98 Å². The zero-order valence-electron chi connectivity index (χ0n) is 17.0. The van der Waals surface area contributed by atoms with Crippen molar-refractivity contribution in [3.8, 4) is 11.3 Å². The maximum atomic E-state index is 13.4. The van der Waals surface area contributed by atoms with E-state index in [4.69, 9.17) is 16.3 Å². The van der Waals surface area contributed by atoms with Gasteiger partial charge >= 0.3 is 5.97 Å². The van der Waals surface area contributed by atoms with Crippen LogP contribution in [0.15, 0.2) is 60.0 Å². The molecule has 3 rings (SSSR count). The molecule has 1 atom stereocenters. The molecule has 0 spiro atoms. The van der Waals surface area contributed by atoms with Gasteiger partial charge in [0.05, 0.1) is 31.2 Å². The van der Waals surface area contributed by atoms with Crippen molar-refractivity contribution in [2.45, 2.75) is 12.8 Å². The van der Waals surface area contributed by atoms with Crippen LogP contribution in [0.2, 0.25) is 5.02 Å². The van der Waals surface area contributed by atoms with Crippen molar-refractivity contribution in [1.29, 1.82) is 0 Å². The molecule has 1 amide bonds. The third-order valence-electron chi connectivity index (χ3n) is 4.75. The number of carbonyl (C=O) groups excluding carboxylic acids is 1. The van der Waals surface area contributed by atoms with E-state index in [1.807, 2.05) is 53.9 Å². The molecule has 6 nitrogen and oxygen atoms in total. The maximum Gasteiger partial charge on any atom is 0.304 e. The minimum absolute atomic E-state index is 0.264. The highest BCUT2D eigenvalue weighted by molar-refractivity contribution is 7.14. The first kappa shape index (κ1) is 22.9. The van der Waals surface area contributed by atoms with Gasteiger partial charge in [0, 0.05) is 23.1 Å². The Morgan fingerprint density at radius 3 is 2.55 bits per heavy atom. The van der Waals surface area contributed by atoms with Gasteiger partial charge in [-0.15, -0.1) is 11.3 Å². The smallest absolute Gasteiger partial charge is 0.304 e. The minimum atomic E-state index is -1.02. The molecule has 3 aromatic rings. The normalized spacial score (nSPS) is 11.8. The third kappa shape index (κ3) is 6.13. The molecule has 8 heteroatoms. The summed E-state index contributed by atoms with van der Waals surface area (Å²) in [5.74, 6) is -2.02. The monoisotopic (exact) mass is 458 g/mol. The van der Waals surface area contributed by atoms with Crippen LogP contribution >= 0.6 is 22.9 Å². The number of aromatic nitrogens is 1. The number of benzene rings is 2. The fourth-order valence-corrected chi connectivity index (χ4v) is 4.33. The second-order valence-corrected chi connectivity index (χ2v) is 8.21. The van der Waals surface area contributed by atoms with Crippen molar-refractivity contribution in [3.63, 3.8) is 0 Å². The molecule has 1 heterocycles. The molecule has 0 aliphatic heterocycles. The molecule has 0 aliphatic rings. The summed E-state index contributed by atoms with van der Waals surface area (Å²) in [7, 11) is 1.55. The van der Waals surface area contributed by atoms with Crippen molar-refractivity contribution in [2.75, 3.05) is 25.2 Å². The van der Waals surface area contributed by atoms with Crippen molar-refractivity contribution < 1.29 is 19.4 Å². The lowest BCUT2D eigenvalue weighted by atomic mass is 9.95. The maximum absolute atomic E-state index is 13.4. The number of hydrogen-bond donors (Lipinski definition) is 1. The van der Waals surface area contributed by atoms with Crippen LogP contribution in [-0.2, 0) is 20.7 Å². The van der Waals surface area contributed by atoms with E-state index in [-0.39, 0.29) is 18.9 Å². The standard InChI is InChI=1S/C23H23ClN2O4S/c1-30-12-11-26(23-25-20(15-31-23)18-9-5-6-10-19(18)24)22(29)17(14-21(27)28)13-16-7-3-2-4-8-16/h2-10,15,17H,11-14H2,1H3,(H,27,28)/t17-/m1/s1. The molecule has 2 aromatic carbocycles. The summed E-state index contributed by atoms with van der Waals surface area (Å²) in [5.41, 5.74) is 2.35. The average Bonchev–Trinajstić information content (AvgIpc) is 3.24. The van der Waals surface area contributed by atoms with Crippen LogP contribution in [0.4, 0.5) is 5.13 Å². The number of nitrogens with zero attached hydrogens (tertiary/aromatic N) is 2. The molecule has 0 unspecified atom stereocenters. The van der Waals surface area contributed by atoms with Crippen LogP contribution in [0.5, 0.6) is 0 Å². The van der Waals surface area contributed by atoms with Gasteiger partial charge in [-0.1, -0.05) is 60.1 Å². The summed E-state index contributed by atoms with van der Waals surface area (Å²) in [5, 5.41) is 12.3. The second kappa shape index (κ2) is 11.0. The summed E-state index contributed by atoms with van der Waals surface area (Å²) in [4.78, 5) is 31.1. The Hall–Kier alpha value is -2.74. The lowest BCUT2D eigenvalue weighted by Crippen LogP contribution is -2.40. The number of aliphatic carboxylic acids is 1. The summed E-state index contributed by atoms with van der Waals surface area (Å²) >= 11 is 7.61. The Labute approximate surface area is 190 Å². The van der Waals surface area contributed by atoms with Crippen LogP contribution in [0.25, 0.3) is 11.3 Å². The largest absolute Gasteiger partial charge is 0.481 e. The molecule has 0 fully saturated rings. The Kier molecular flexibility index (Phi) is 8.17. The van der Waals surface area contributed by atoms with Crippen molar-refractivity contribution in [3.05, 3.63) is 70.6 Å². The Morgan fingerprint density at radius 2 is 1.87 bits per heavy atom. The molecule has 0 aliphatic carbocycles. The second-order valence-electron chi connectivity index (χ2n) is 6.96. The number of carboxylic acids is 1. The number of thiazole rings is 1. The summed E-state index contributed by atoms with van der Waals surface area (Å²) < 4.78 is 5.18. The van der Waals surface area contributed by atoms with Crippen LogP contribution in [0.1, 0.15) is 12.0 Å². The molecule has 0 bridgehead atoms. The van der Waals surface area contributed by atoms with Crippen LogP contribution < -0.4 is 4.90 Å². The zero-order valence-corrected chi connectivity index (χ0v) is 18.6. The Morgan fingerprint density at radius 1 is 1.16 bits per heavy atom. The van der Waals surface area contributed by atoms with E-state index >= 15 is 0 Å². The summed E-state index contributed by atoms with van der Waals surface area (Å²) in [6, 6.07) is 16.8. The van der Waals surface area contributed by atoms with Gasteiger partial charge in [0.1, 0.15) is 0 Å². The SMILES string of the molecule is COCCN(C(=O)[C@@H](CC(=O)O)Cc1ccccc1)c1nc(-c2ccccc2Cl)cs1. The third-order valence-corrected chi connectivity index (χ3v) is 5.95. The highest BCUT2D eigenvalue weighted by Gasteiger charge is 2.29. The minimum Gasteiger partial charge on any atom is -0.481 e. The van der Waals surface area contributed by atoms with Gasteiger partial charge in [-0.2, -0.15) is 0 Å². The first-order chi connectivity index (χ1) is 15.0. The average molecular weight is 459 g/mol. The first-order valence-corrected chi connectivity index (χ1v) is 11.0. The van der Waals surface area contributed by atoms with E-state index in [9.17, 15) is 14.7 Å². The Balaban J connectivity index is 1.90. The number of carboxylic acid groups (broad SMARTS) is 1.